The van der Waals surface area contributed by atoms with Crippen molar-refractivity contribution in [1.29, 1.82) is 0 Å². The monoisotopic (exact) mass is 164 g/mol. The van der Waals surface area contributed by atoms with Crippen LogP contribution in [-0.4, -0.2) is 4.98 Å². The van der Waals surface area contributed by atoms with Crippen molar-refractivity contribution in [2.45, 2.75) is 0 Å². The number of pyridine rings is 1. The summed E-state index contributed by atoms with van der Waals surface area (Å²) in [6.45, 7) is 0. The molecule has 0 radical (unpaired) electrons. The van der Waals surface area contributed by atoms with Crippen molar-refractivity contribution in [2.24, 2.45) is 0 Å². The zero-order chi connectivity index (χ0) is 7.72. The molecule has 1 aromatic rings. The Balaban J connectivity index is 3.31. The minimum absolute atomic E-state index is 0.356. The highest BCUT2D eigenvalue weighted by Gasteiger charge is 2.06. The molecule has 0 aliphatic heterocycles. The molecule has 54 valence electrons. The predicted molar refractivity (Wildman–Crippen MR) is 33.6 cm³/mol. The number of hydrogen-bond acceptors (Lipinski definition) is 2. The summed E-state index contributed by atoms with van der Waals surface area (Å²) in [5, 5.41) is -0.356. The predicted octanol–water partition coefficient (Wildman–Crippen LogP) is 1.60. The Kier molecular flexibility index (Phi) is 1.72. The van der Waals surface area contributed by atoms with Crippen LogP contribution in [0.3, 0.4) is 0 Å². The van der Waals surface area contributed by atoms with Gasteiger partial charge in [-0.1, -0.05) is 11.6 Å². The molecule has 0 spiro atoms. The van der Waals surface area contributed by atoms with Crippen molar-refractivity contribution in [1.82, 2.24) is 4.98 Å². The molecule has 0 saturated carbocycles. The number of hydrogen-bond donors (Lipinski definition) is 1. The average Bonchev–Trinajstić information content (AvgIpc) is 1.82. The summed E-state index contributed by atoms with van der Waals surface area (Å²) in [4.78, 5) is 2.99. The summed E-state index contributed by atoms with van der Waals surface area (Å²) in [7, 11) is 0. The Morgan fingerprint density at radius 3 is 2.60 bits per heavy atom. The van der Waals surface area contributed by atoms with Gasteiger partial charge in [0, 0.05) is 6.07 Å². The van der Waals surface area contributed by atoms with Crippen molar-refractivity contribution in [2.75, 3.05) is 5.73 Å². The highest BCUT2D eigenvalue weighted by atomic mass is 35.5. The van der Waals surface area contributed by atoms with Gasteiger partial charge < -0.3 is 5.73 Å². The Labute approximate surface area is 60.6 Å². The van der Waals surface area contributed by atoms with E-state index in [0.29, 0.717) is 0 Å². The quantitative estimate of drug-likeness (QED) is 0.592. The van der Waals surface area contributed by atoms with E-state index in [1.165, 1.54) is 0 Å². The number of rotatable bonds is 0. The maximum atomic E-state index is 12.4. The summed E-state index contributed by atoms with van der Waals surface area (Å²) in [5.74, 6) is -2.29. The SMILES string of the molecule is Nc1nc(F)cc(Cl)c1F. The van der Waals surface area contributed by atoms with Crippen LogP contribution in [0.15, 0.2) is 6.07 Å². The molecule has 0 aliphatic rings. The molecule has 0 bridgehead atoms. The van der Waals surface area contributed by atoms with E-state index >= 15 is 0 Å². The van der Waals surface area contributed by atoms with Crippen molar-refractivity contribution in [3.05, 3.63) is 22.9 Å². The first-order valence-electron chi connectivity index (χ1n) is 2.38. The number of aromatic nitrogens is 1. The Bertz CT molecular complexity index is 241. The fraction of sp³-hybridized carbons (Fsp3) is 0. The first kappa shape index (κ1) is 7.21. The first-order chi connectivity index (χ1) is 4.61. The van der Waals surface area contributed by atoms with E-state index in [1.807, 2.05) is 0 Å². The van der Waals surface area contributed by atoms with Crippen LogP contribution in [-0.2, 0) is 0 Å². The molecular formula is C5H3ClF2N2. The highest BCUT2D eigenvalue weighted by molar-refractivity contribution is 6.30. The van der Waals surface area contributed by atoms with Crippen molar-refractivity contribution < 1.29 is 8.78 Å². The molecule has 5 heteroatoms. The molecule has 0 aliphatic carbocycles. The maximum absolute atomic E-state index is 12.4. The molecule has 2 nitrogen and oxygen atoms in total. The van der Waals surface area contributed by atoms with Gasteiger partial charge in [-0.2, -0.15) is 9.37 Å². The maximum Gasteiger partial charge on any atom is 0.216 e. The molecule has 0 aromatic carbocycles. The molecule has 2 N–H and O–H groups in total. The zero-order valence-electron chi connectivity index (χ0n) is 4.74. The second kappa shape index (κ2) is 2.38. The van der Waals surface area contributed by atoms with Crippen LogP contribution in [0.5, 0.6) is 0 Å². The lowest BCUT2D eigenvalue weighted by atomic mass is 10.4. The third-order valence-electron chi connectivity index (χ3n) is 0.908. The second-order valence-electron chi connectivity index (χ2n) is 1.63. The van der Waals surface area contributed by atoms with Crippen molar-refractivity contribution in [3.8, 4) is 0 Å². The van der Waals surface area contributed by atoms with Gasteiger partial charge in [0.05, 0.1) is 5.02 Å². The summed E-state index contributed by atoms with van der Waals surface area (Å²) in [6.07, 6.45) is 0. The van der Waals surface area contributed by atoms with Crippen molar-refractivity contribution in [3.63, 3.8) is 0 Å². The van der Waals surface area contributed by atoms with Crippen LogP contribution < -0.4 is 5.73 Å². The number of nitrogen functional groups attached to an aromatic ring is 1. The number of nitrogens with zero attached hydrogens (tertiary/aromatic N) is 1. The number of halogens is 3. The van der Waals surface area contributed by atoms with E-state index in [1.54, 1.807) is 0 Å². The van der Waals surface area contributed by atoms with Crippen LogP contribution >= 0.6 is 11.6 Å². The topological polar surface area (TPSA) is 38.9 Å². The fourth-order valence-electron chi connectivity index (χ4n) is 0.487. The first-order valence-corrected chi connectivity index (χ1v) is 2.76. The Morgan fingerprint density at radius 2 is 2.10 bits per heavy atom. The van der Waals surface area contributed by atoms with Crippen LogP contribution in [0.25, 0.3) is 0 Å². The van der Waals surface area contributed by atoms with Gasteiger partial charge >= 0.3 is 0 Å². The van der Waals surface area contributed by atoms with Crippen LogP contribution in [0.1, 0.15) is 0 Å². The molecular weight excluding hydrogens is 162 g/mol. The van der Waals surface area contributed by atoms with Gasteiger partial charge in [0.1, 0.15) is 0 Å². The van der Waals surface area contributed by atoms with E-state index in [2.05, 4.69) is 4.98 Å². The minimum Gasteiger partial charge on any atom is -0.381 e. The van der Waals surface area contributed by atoms with Gasteiger partial charge in [0.15, 0.2) is 11.6 Å². The number of anilines is 1. The molecule has 0 amide bonds. The molecule has 1 rings (SSSR count). The largest absolute Gasteiger partial charge is 0.381 e. The third kappa shape index (κ3) is 1.16. The lowest BCUT2D eigenvalue weighted by molar-refractivity contribution is 0.565. The molecule has 1 aromatic heterocycles. The van der Waals surface area contributed by atoms with Crippen molar-refractivity contribution >= 4 is 17.4 Å². The van der Waals surface area contributed by atoms with Gasteiger partial charge in [-0.05, 0) is 0 Å². The Hall–Kier alpha value is -0.900. The van der Waals surface area contributed by atoms with E-state index in [9.17, 15) is 8.78 Å². The molecule has 10 heavy (non-hydrogen) atoms. The van der Waals surface area contributed by atoms with Crippen LogP contribution in [0, 0.1) is 11.8 Å². The molecule has 0 fully saturated rings. The van der Waals surface area contributed by atoms with Gasteiger partial charge in [0.2, 0.25) is 5.95 Å². The molecule has 0 unspecified atom stereocenters. The summed E-state index contributed by atoms with van der Waals surface area (Å²) < 4.78 is 24.6. The summed E-state index contributed by atoms with van der Waals surface area (Å²) in [6, 6.07) is 0.757. The van der Waals surface area contributed by atoms with Gasteiger partial charge in [-0.15, -0.1) is 0 Å². The summed E-state index contributed by atoms with van der Waals surface area (Å²) >= 11 is 5.18. The average molecular weight is 165 g/mol. The second-order valence-corrected chi connectivity index (χ2v) is 2.03. The van der Waals surface area contributed by atoms with E-state index in [4.69, 9.17) is 17.3 Å². The normalized spacial score (nSPS) is 9.90. The lowest BCUT2D eigenvalue weighted by Crippen LogP contribution is -1.97. The molecule has 0 saturated heterocycles. The zero-order valence-corrected chi connectivity index (χ0v) is 5.49. The minimum atomic E-state index is -0.886. The smallest absolute Gasteiger partial charge is 0.216 e. The molecule has 1 heterocycles. The van der Waals surface area contributed by atoms with Gasteiger partial charge in [-0.3, -0.25) is 0 Å². The Morgan fingerprint density at radius 1 is 1.50 bits per heavy atom. The standard InChI is InChI=1S/C5H3ClF2N2/c6-2-1-3(7)10-5(9)4(2)8/h1H,(H2,9,10). The number of nitrogens with two attached hydrogens (primary N) is 1. The van der Waals surface area contributed by atoms with Crippen LogP contribution in [0.4, 0.5) is 14.6 Å². The third-order valence-corrected chi connectivity index (χ3v) is 1.18. The highest BCUT2D eigenvalue weighted by Crippen LogP contribution is 2.18. The molecule has 0 atom stereocenters. The van der Waals surface area contributed by atoms with E-state index in [-0.39, 0.29) is 5.02 Å². The summed E-state index contributed by atoms with van der Waals surface area (Å²) in [5.41, 5.74) is 4.91. The van der Waals surface area contributed by atoms with E-state index in [0.717, 1.165) is 6.07 Å². The van der Waals surface area contributed by atoms with E-state index < -0.39 is 17.6 Å². The fourth-order valence-corrected chi connectivity index (χ4v) is 0.674. The van der Waals surface area contributed by atoms with Crippen LogP contribution in [0.2, 0.25) is 5.02 Å². The van der Waals surface area contributed by atoms with Gasteiger partial charge in [0.25, 0.3) is 0 Å². The lowest BCUT2D eigenvalue weighted by Gasteiger charge is -1.96. The van der Waals surface area contributed by atoms with Gasteiger partial charge in [-0.25, -0.2) is 4.39 Å².